The van der Waals surface area contributed by atoms with Crippen LogP contribution >= 0.6 is 34.2 Å². The second-order valence-corrected chi connectivity index (χ2v) is 14.9. The Morgan fingerprint density at radius 2 is 1.41 bits per heavy atom. The van der Waals surface area contributed by atoms with Gasteiger partial charge in [0.2, 0.25) is 11.8 Å². The van der Waals surface area contributed by atoms with Crippen LogP contribution in [0.1, 0.15) is 31.9 Å². The van der Waals surface area contributed by atoms with E-state index in [4.69, 9.17) is 11.6 Å². The Labute approximate surface area is 278 Å². The lowest BCUT2D eigenvalue weighted by atomic mass is 10.0. The van der Waals surface area contributed by atoms with Gasteiger partial charge in [0, 0.05) is 27.1 Å². The van der Waals surface area contributed by atoms with Gasteiger partial charge in [0.25, 0.3) is 10.0 Å². The van der Waals surface area contributed by atoms with Crippen molar-refractivity contribution in [3.63, 3.8) is 0 Å². The molecule has 0 heterocycles. The third kappa shape index (κ3) is 8.83. The molecular weight excluding hydrogens is 709 g/mol. The molecule has 10 heteroatoms. The molecule has 0 aliphatic carbocycles. The summed E-state index contributed by atoms with van der Waals surface area (Å²) in [4.78, 5) is 29.9. The number of halogens is 2. The Hall–Kier alpha value is -3.41. The van der Waals surface area contributed by atoms with Gasteiger partial charge in [0.15, 0.2) is 0 Å². The highest BCUT2D eigenvalue weighted by molar-refractivity contribution is 14.1. The molecule has 0 spiro atoms. The molecule has 0 radical (unpaired) electrons. The van der Waals surface area contributed by atoms with E-state index in [1.165, 1.54) is 17.0 Å². The molecule has 44 heavy (non-hydrogen) atoms. The van der Waals surface area contributed by atoms with Crippen molar-refractivity contribution in [1.82, 2.24) is 10.2 Å². The molecule has 4 rings (SSSR count). The number of carbonyl (C=O) groups is 2. The third-order valence-corrected chi connectivity index (χ3v) is 9.67. The highest BCUT2D eigenvalue weighted by atomic mass is 127. The van der Waals surface area contributed by atoms with E-state index in [0.29, 0.717) is 16.3 Å². The third-order valence-electron chi connectivity index (χ3n) is 6.79. The summed E-state index contributed by atoms with van der Waals surface area (Å²) in [5.74, 6) is -0.901. The minimum Gasteiger partial charge on any atom is -0.350 e. The number of sulfonamides is 1. The maximum Gasteiger partial charge on any atom is 0.264 e. The topological polar surface area (TPSA) is 86.8 Å². The van der Waals surface area contributed by atoms with Crippen LogP contribution in [0.2, 0.25) is 5.02 Å². The van der Waals surface area contributed by atoms with E-state index in [1.807, 2.05) is 57.2 Å². The number of carbonyl (C=O) groups excluding carboxylic acids is 2. The lowest BCUT2D eigenvalue weighted by Gasteiger charge is -2.35. The number of benzene rings is 4. The zero-order valence-corrected chi connectivity index (χ0v) is 28.5. The minimum absolute atomic E-state index is 0.000513. The number of hydrogen-bond acceptors (Lipinski definition) is 4. The van der Waals surface area contributed by atoms with Crippen LogP contribution < -0.4 is 9.62 Å². The standard InChI is InChI=1S/C34H35ClIN3O4S/c1-34(2,3)37-33(41)31(22-25-12-6-4-7-13-25)38(23-26-14-10-11-17-30(26)35)32(40)24-39(28-20-18-27(36)19-21-28)44(42,43)29-15-8-5-9-16-29/h4-21,31H,22-24H2,1-3H3,(H,37,41)/t31-/m0/s1. The van der Waals surface area contributed by atoms with Gasteiger partial charge in [-0.2, -0.15) is 0 Å². The van der Waals surface area contributed by atoms with Crippen LogP contribution in [0.25, 0.3) is 0 Å². The van der Waals surface area contributed by atoms with E-state index in [2.05, 4.69) is 27.9 Å². The van der Waals surface area contributed by atoms with Crippen LogP contribution in [0.15, 0.2) is 114 Å². The summed E-state index contributed by atoms with van der Waals surface area (Å²) in [6, 6.07) is 30.5. The van der Waals surface area contributed by atoms with Crippen molar-refractivity contribution < 1.29 is 18.0 Å². The Morgan fingerprint density at radius 1 is 0.841 bits per heavy atom. The summed E-state index contributed by atoms with van der Waals surface area (Å²) in [5.41, 5.74) is 1.24. The molecule has 230 valence electrons. The van der Waals surface area contributed by atoms with Crippen molar-refractivity contribution in [3.8, 4) is 0 Å². The fourth-order valence-corrected chi connectivity index (χ4v) is 6.66. The first-order valence-electron chi connectivity index (χ1n) is 14.1. The zero-order chi connectivity index (χ0) is 31.9. The average molecular weight is 744 g/mol. The Balaban J connectivity index is 1.82. The first-order chi connectivity index (χ1) is 20.8. The number of hydrogen-bond donors (Lipinski definition) is 1. The van der Waals surface area contributed by atoms with E-state index in [1.54, 1.807) is 60.7 Å². The maximum atomic E-state index is 14.5. The number of nitrogens with zero attached hydrogens (tertiary/aromatic N) is 2. The van der Waals surface area contributed by atoms with Crippen molar-refractivity contribution in [2.45, 2.75) is 50.2 Å². The van der Waals surface area contributed by atoms with E-state index in [-0.39, 0.29) is 23.8 Å². The minimum atomic E-state index is -4.15. The molecule has 7 nitrogen and oxygen atoms in total. The lowest BCUT2D eigenvalue weighted by molar-refractivity contribution is -0.140. The van der Waals surface area contributed by atoms with Crippen LogP contribution in [0.5, 0.6) is 0 Å². The number of anilines is 1. The fourth-order valence-electron chi connectivity index (χ4n) is 4.67. The van der Waals surface area contributed by atoms with Crippen LogP contribution in [0.3, 0.4) is 0 Å². The molecule has 0 saturated carbocycles. The van der Waals surface area contributed by atoms with E-state index < -0.39 is 34.1 Å². The highest BCUT2D eigenvalue weighted by Crippen LogP contribution is 2.27. The van der Waals surface area contributed by atoms with Crippen molar-refractivity contribution in [2.24, 2.45) is 0 Å². The summed E-state index contributed by atoms with van der Waals surface area (Å²) in [6.45, 7) is 5.08. The van der Waals surface area contributed by atoms with Crippen molar-refractivity contribution in [2.75, 3.05) is 10.8 Å². The normalized spacial score (nSPS) is 12.3. The van der Waals surface area contributed by atoms with Gasteiger partial charge in [-0.3, -0.25) is 13.9 Å². The summed E-state index contributed by atoms with van der Waals surface area (Å²) < 4.78 is 30.1. The largest absolute Gasteiger partial charge is 0.350 e. The van der Waals surface area contributed by atoms with Gasteiger partial charge >= 0.3 is 0 Å². The van der Waals surface area contributed by atoms with Gasteiger partial charge < -0.3 is 10.2 Å². The molecule has 1 N–H and O–H groups in total. The molecule has 0 aliphatic heterocycles. The Morgan fingerprint density at radius 3 is 2.00 bits per heavy atom. The highest BCUT2D eigenvalue weighted by Gasteiger charge is 2.35. The molecule has 0 unspecified atom stereocenters. The zero-order valence-electron chi connectivity index (χ0n) is 24.8. The second-order valence-electron chi connectivity index (χ2n) is 11.4. The Kier molecular flexibility index (Phi) is 11.1. The number of nitrogens with one attached hydrogen (secondary N) is 1. The lowest BCUT2D eigenvalue weighted by Crippen LogP contribution is -2.56. The molecular formula is C34H35ClIN3O4S. The van der Waals surface area contributed by atoms with Crippen LogP contribution in [0.4, 0.5) is 5.69 Å². The summed E-state index contributed by atoms with van der Waals surface area (Å²) in [5, 5.41) is 3.46. The van der Waals surface area contributed by atoms with E-state index in [0.717, 1.165) is 13.4 Å². The molecule has 2 amide bonds. The molecule has 0 aromatic heterocycles. The number of amides is 2. The van der Waals surface area contributed by atoms with Gasteiger partial charge in [0.1, 0.15) is 12.6 Å². The molecule has 0 bridgehead atoms. The number of rotatable bonds is 11. The van der Waals surface area contributed by atoms with Gasteiger partial charge in [-0.1, -0.05) is 78.3 Å². The fraction of sp³-hybridized carbons (Fsp3) is 0.235. The van der Waals surface area contributed by atoms with Crippen molar-refractivity contribution in [3.05, 3.63) is 129 Å². The van der Waals surface area contributed by atoms with Gasteiger partial charge in [-0.25, -0.2) is 8.42 Å². The van der Waals surface area contributed by atoms with E-state index in [9.17, 15) is 18.0 Å². The first-order valence-corrected chi connectivity index (χ1v) is 17.0. The molecule has 0 saturated heterocycles. The second kappa shape index (κ2) is 14.6. The molecule has 1 atom stereocenters. The smallest absolute Gasteiger partial charge is 0.264 e. The predicted molar refractivity (Wildman–Crippen MR) is 184 cm³/mol. The quantitative estimate of drug-likeness (QED) is 0.174. The Bertz CT molecular complexity index is 1680. The van der Waals surface area contributed by atoms with Gasteiger partial charge in [-0.05, 0) is 97.0 Å². The van der Waals surface area contributed by atoms with E-state index >= 15 is 0 Å². The summed E-state index contributed by atoms with van der Waals surface area (Å²) >= 11 is 8.69. The summed E-state index contributed by atoms with van der Waals surface area (Å²) in [7, 11) is -4.15. The van der Waals surface area contributed by atoms with Gasteiger partial charge in [0.05, 0.1) is 10.6 Å². The van der Waals surface area contributed by atoms with Gasteiger partial charge in [-0.15, -0.1) is 0 Å². The van der Waals surface area contributed by atoms with Crippen molar-refractivity contribution in [1.29, 1.82) is 0 Å². The average Bonchev–Trinajstić information content (AvgIpc) is 2.99. The summed E-state index contributed by atoms with van der Waals surface area (Å²) in [6.07, 6.45) is 0.216. The van der Waals surface area contributed by atoms with Crippen LogP contribution in [-0.4, -0.2) is 43.3 Å². The maximum absolute atomic E-state index is 14.5. The molecule has 4 aromatic rings. The molecule has 4 aromatic carbocycles. The SMILES string of the molecule is CC(C)(C)NC(=O)[C@H](Cc1ccccc1)N(Cc1ccccc1Cl)C(=O)CN(c1ccc(I)cc1)S(=O)(=O)c1ccccc1. The van der Waals surface area contributed by atoms with Crippen LogP contribution in [0, 0.1) is 3.57 Å². The molecule has 0 fully saturated rings. The van der Waals surface area contributed by atoms with Crippen molar-refractivity contribution >= 4 is 61.7 Å². The first kappa shape index (κ1) is 33.5. The molecule has 0 aliphatic rings. The predicted octanol–water partition coefficient (Wildman–Crippen LogP) is 6.69. The monoisotopic (exact) mass is 743 g/mol. The van der Waals surface area contributed by atoms with Crippen LogP contribution in [-0.2, 0) is 32.6 Å².